The van der Waals surface area contributed by atoms with E-state index < -0.39 is 0 Å². The molecule has 1 heterocycles. The number of hydrogen-bond donors (Lipinski definition) is 0. The molecule has 3 aliphatic carbocycles. The Hall–Kier alpha value is -1.27. The van der Waals surface area contributed by atoms with Gasteiger partial charge in [-0.05, 0) is 54.9 Å². The van der Waals surface area contributed by atoms with E-state index in [1.807, 2.05) is 19.1 Å². The van der Waals surface area contributed by atoms with Crippen molar-refractivity contribution in [2.45, 2.75) is 19.8 Å². The van der Waals surface area contributed by atoms with Gasteiger partial charge < -0.3 is 0 Å². The molecular formula is C18H16Br2N2O2. The molecule has 1 saturated carbocycles. The zero-order valence-electron chi connectivity index (χ0n) is 13.1. The molecule has 0 spiro atoms. The Morgan fingerprint density at radius 3 is 2.00 bits per heavy atom. The molecule has 2 fully saturated rings. The third kappa shape index (κ3) is 2.42. The van der Waals surface area contributed by atoms with Gasteiger partial charge in [-0.15, -0.1) is 0 Å². The van der Waals surface area contributed by atoms with E-state index in [0.717, 1.165) is 37.9 Å². The molecule has 5 rings (SSSR count). The zero-order chi connectivity index (χ0) is 17.0. The number of imide groups is 1. The van der Waals surface area contributed by atoms with Crippen LogP contribution in [0.15, 0.2) is 38.3 Å². The van der Waals surface area contributed by atoms with Crippen molar-refractivity contribution in [1.29, 1.82) is 0 Å². The zero-order valence-corrected chi connectivity index (χ0v) is 16.2. The van der Waals surface area contributed by atoms with Crippen LogP contribution in [0.4, 0.5) is 0 Å². The van der Waals surface area contributed by atoms with Crippen LogP contribution in [0.5, 0.6) is 0 Å². The highest BCUT2D eigenvalue weighted by atomic mass is 79.9. The summed E-state index contributed by atoms with van der Waals surface area (Å²) in [5.74, 6) is -0.334. The molecule has 1 aliphatic heterocycles. The molecule has 0 unspecified atom stereocenters. The van der Waals surface area contributed by atoms with Crippen LogP contribution in [0.3, 0.4) is 0 Å². The Morgan fingerprint density at radius 1 is 1.04 bits per heavy atom. The second-order valence-corrected chi connectivity index (χ2v) is 8.39. The summed E-state index contributed by atoms with van der Waals surface area (Å²) in [6.07, 6.45) is 7.80. The summed E-state index contributed by atoms with van der Waals surface area (Å²) in [5, 5.41) is 5.32. The van der Waals surface area contributed by atoms with Crippen LogP contribution in [-0.4, -0.2) is 23.0 Å². The lowest BCUT2D eigenvalue weighted by Crippen LogP contribution is -2.38. The van der Waals surface area contributed by atoms with Crippen molar-refractivity contribution in [2.75, 3.05) is 0 Å². The molecule has 0 aromatic heterocycles. The molecule has 1 saturated heterocycles. The maximum atomic E-state index is 12.7. The topological polar surface area (TPSA) is 49.7 Å². The summed E-state index contributed by atoms with van der Waals surface area (Å²) in [5.41, 5.74) is 1.92. The highest BCUT2D eigenvalue weighted by Gasteiger charge is 2.56. The second kappa shape index (κ2) is 5.92. The fourth-order valence-corrected chi connectivity index (χ4v) is 5.26. The average molecular weight is 452 g/mol. The van der Waals surface area contributed by atoms with Crippen LogP contribution in [0, 0.1) is 30.6 Å². The number of allylic oxidation sites excluding steroid dienone is 2. The van der Waals surface area contributed by atoms with E-state index >= 15 is 0 Å². The number of hydrazone groups is 1. The third-order valence-electron chi connectivity index (χ3n) is 5.36. The van der Waals surface area contributed by atoms with Crippen LogP contribution in [0.2, 0.25) is 0 Å². The molecule has 2 amide bonds. The lowest BCUT2D eigenvalue weighted by Gasteiger charge is -2.37. The van der Waals surface area contributed by atoms with Gasteiger partial charge in [0.2, 0.25) is 0 Å². The lowest BCUT2D eigenvalue weighted by molar-refractivity contribution is -0.140. The standard InChI is InChI=1S/C18H16Br2N2O2/c1-9-13(19)6-10(7-14(9)20)8-21-22-17(23)15-11-2-3-12(5-4-11)16(15)18(22)24/h2-3,6-8,11-12,15-16H,4-5H2,1H3/b21-8-/t11-,12-,15-,16+/m0/s1. The van der Waals surface area contributed by atoms with Crippen LogP contribution in [0.1, 0.15) is 24.0 Å². The Balaban J connectivity index is 1.62. The third-order valence-corrected chi connectivity index (χ3v) is 7.01. The van der Waals surface area contributed by atoms with Crippen LogP contribution < -0.4 is 0 Å². The van der Waals surface area contributed by atoms with Gasteiger partial charge in [0.05, 0.1) is 18.1 Å². The van der Waals surface area contributed by atoms with Crippen molar-refractivity contribution in [3.05, 3.63) is 44.4 Å². The summed E-state index contributed by atoms with van der Waals surface area (Å²) >= 11 is 7.00. The SMILES string of the molecule is Cc1c(Br)cc(/C=N\N2C(=O)[C@@H]3[C@H](C2=O)[C@H]2C=C[C@H]3CC2)cc1Br. The Morgan fingerprint density at radius 2 is 1.54 bits per heavy atom. The first-order valence-electron chi connectivity index (χ1n) is 8.03. The van der Waals surface area contributed by atoms with Gasteiger partial charge in [-0.25, -0.2) is 0 Å². The molecule has 2 bridgehead atoms. The number of hydrogen-bond acceptors (Lipinski definition) is 3. The molecule has 1 aromatic carbocycles. The van der Waals surface area contributed by atoms with Crippen molar-refractivity contribution in [3.63, 3.8) is 0 Å². The van der Waals surface area contributed by atoms with Crippen LogP contribution >= 0.6 is 31.9 Å². The summed E-state index contributed by atoms with van der Waals surface area (Å²) in [6.45, 7) is 2.00. The van der Waals surface area contributed by atoms with Crippen molar-refractivity contribution >= 4 is 49.9 Å². The molecule has 1 aromatic rings. The Kier molecular flexibility index (Phi) is 4.00. The monoisotopic (exact) mass is 450 g/mol. The summed E-state index contributed by atoms with van der Waals surface area (Å²) in [4.78, 5) is 25.4. The molecular weight excluding hydrogens is 436 g/mol. The number of benzene rings is 1. The van der Waals surface area contributed by atoms with E-state index in [-0.39, 0.29) is 35.5 Å². The molecule has 4 nitrogen and oxygen atoms in total. The summed E-state index contributed by atoms with van der Waals surface area (Å²) < 4.78 is 1.90. The maximum Gasteiger partial charge on any atom is 0.254 e. The molecule has 4 aliphatic rings. The fourth-order valence-electron chi connectivity index (χ4n) is 4.04. The predicted molar refractivity (Wildman–Crippen MR) is 98.4 cm³/mol. The number of halogens is 2. The summed E-state index contributed by atoms with van der Waals surface area (Å²) in [6, 6.07) is 3.85. The first kappa shape index (κ1) is 16.2. The Labute approximate surface area is 157 Å². The van der Waals surface area contributed by atoms with Crippen molar-refractivity contribution in [3.8, 4) is 0 Å². The quantitative estimate of drug-likeness (QED) is 0.387. The highest BCUT2D eigenvalue weighted by Crippen LogP contribution is 2.49. The number of nitrogens with zero attached hydrogens (tertiary/aromatic N) is 2. The van der Waals surface area contributed by atoms with E-state index in [0.29, 0.717) is 0 Å². The lowest BCUT2D eigenvalue weighted by atomic mass is 9.63. The van der Waals surface area contributed by atoms with Crippen molar-refractivity contribution in [2.24, 2.45) is 28.8 Å². The number of carbonyl (C=O) groups is 2. The van der Waals surface area contributed by atoms with Gasteiger partial charge in [0.25, 0.3) is 11.8 Å². The predicted octanol–water partition coefficient (Wildman–Crippen LogP) is 4.05. The largest absolute Gasteiger partial charge is 0.272 e. The minimum absolute atomic E-state index is 0.148. The fraction of sp³-hybridized carbons (Fsp3) is 0.389. The van der Waals surface area contributed by atoms with Crippen LogP contribution in [0.25, 0.3) is 0 Å². The Bertz CT molecular complexity index is 747. The number of carbonyl (C=O) groups excluding carboxylic acids is 2. The van der Waals surface area contributed by atoms with Gasteiger partial charge in [-0.3, -0.25) is 9.59 Å². The van der Waals surface area contributed by atoms with E-state index in [4.69, 9.17) is 0 Å². The number of amides is 2. The summed E-state index contributed by atoms with van der Waals surface area (Å²) in [7, 11) is 0. The highest BCUT2D eigenvalue weighted by molar-refractivity contribution is 9.11. The normalized spacial score (nSPS) is 31.4. The molecule has 4 atom stereocenters. The second-order valence-electron chi connectivity index (χ2n) is 6.68. The van der Waals surface area contributed by atoms with Gasteiger partial charge in [-0.2, -0.15) is 10.1 Å². The minimum Gasteiger partial charge on any atom is -0.272 e. The van der Waals surface area contributed by atoms with E-state index in [2.05, 4.69) is 49.1 Å². The number of fused-ring (bicyclic) bond motifs is 1. The molecule has 6 heteroatoms. The van der Waals surface area contributed by atoms with E-state index in [1.54, 1.807) is 6.21 Å². The maximum absolute atomic E-state index is 12.7. The van der Waals surface area contributed by atoms with Gasteiger partial charge in [0.15, 0.2) is 0 Å². The van der Waals surface area contributed by atoms with Gasteiger partial charge in [0.1, 0.15) is 0 Å². The van der Waals surface area contributed by atoms with Crippen LogP contribution in [-0.2, 0) is 9.59 Å². The molecule has 124 valence electrons. The van der Waals surface area contributed by atoms with Crippen molar-refractivity contribution < 1.29 is 9.59 Å². The van der Waals surface area contributed by atoms with Gasteiger partial charge in [0, 0.05) is 8.95 Å². The molecule has 0 radical (unpaired) electrons. The minimum atomic E-state index is -0.213. The first-order chi connectivity index (χ1) is 11.5. The van der Waals surface area contributed by atoms with E-state index in [9.17, 15) is 9.59 Å². The molecule has 0 N–H and O–H groups in total. The number of rotatable bonds is 2. The first-order valence-corrected chi connectivity index (χ1v) is 9.61. The van der Waals surface area contributed by atoms with Crippen molar-refractivity contribution in [1.82, 2.24) is 5.01 Å². The van der Waals surface area contributed by atoms with E-state index in [1.165, 1.54) is 0 Å². The molecule has 24 heavy (non-hydrogen) atoms. The average Bonchev–Trinajstić information content (AvgIpc) is 2.85. The van der Waals surface area contributed by atoms with Gasteiger partial charge >= 0.3 is 0 Å². The van der Waals surface area contributed by atoms with Gasteiger partial charge in [-0.1, -0.05) is 44.0 Å². The smallest absolute Gasteiger partial charge is 0.254 e.